The lowest BCUT2D eigenvalue weighted by molar-refractivity contribution is 0.158. The number of pyridine rings is 1. The minimum atomic E-state index is -0.619. The van der Waals surface area contributed by atoms with Crippen LogP contribution in [0, 0.1) is 0 Å². The van der Waals surface area contributed by atoms with Crippen LogP contribution in [0.3, 0.4) is 0 Å². The van der Waals surface area contributed by atoms with Crippen LogP contribution in [0.2, 0.25) is 0 Å². The predicted molar refractivity (Wildman–Crippen MR) is 74.9 cm³/mol. The molecule has 1 heterocycles. The van der Waals surface area contributed by atoms with Gasteiger partial charge in [-0.1, -0.05) is 0 Å². The van der Waals surface area contributed by atoms with Crippen LogP contribution in [0.1, 0.15) is 6.92 Å². The Labute approximate surface area is 118 Å². The number of anilines is 1. The molecule has 0 aromatic carbocycles. The fourth-order valence-corrected chi connectivity index (χ4v) is 1.56. The molecule has 1 aromatic rings. The Kier molecular flexibility index (Phi) is 5.79. The molecule has 0 aliphatic rings. The molecule has 0 aliphatic carbocycles. The van der Waals surface area contributed by atoms with Crippen molar-refractivity contribution in [2.45, 2.75) is 6.92 Å². The molecule has 6 nitrogen and oxygen atoms in total. The van der Waals surface area contributed by atoms with Gasteiger partial charge in [-0.15, -0.1) is 0 Å². The van der Waals surface area contributed by atoms with Crippen molar-refractivity contribution in [3.63, 3.8) is 0 Å². The van der Waals surface area contributed by atoms with E-state index in [9.17, 15) is 4.79 Å². The molecule has 0 bridgehead atoms. The number of nitrogens with one attached hydrogen (secondary N) is 2. The molecule has 0 spiro atoms. The molecular formula is C10H12BrN3O3S. The van der Waals surface area contributed by atoms with E-state index in [-0.39, 0.29) is 11.7 Å². The van der Waals surface area contributed by atoms with Gasteiger partial charge in [-0.2, -0.15) is 0 Å². The standard InChI is InChI=1S/C10H12BrN3O3S/c1-3-17-10(15)14-9(18)13-8-7(16-2)4-6(11)5-12-8/h4-5H,3H2,1-2H3,(H2,12,13,14,15,18). The Balaban J connectivity index is 2.67. The maximum atomic E-state index is 11.1. The molecule has 98 valence electrons. The molecular weight excluding hydrogens is 322 g/mol. The monoisotopic (exact) mass is 333 g/mol. The van der Waals surface area contributed by atoms with Crippen LogP contribution < -0.4 is 15.4 Å². The summed E-state index contributed by atoms with van der Waals surface area (Å²) >= 11 is 8.21. The molecule has 18 heavy (non-hydrogen) atoms. The van der Waals surface area contributed by atoms with Crippen molar-refractivity contribution in [3.05, 3.63) is 16.7 Å². The Bertz CT molecular complexity index is 456. The Morgan fingerprint density at radius 1 is 1.61 bits per heavy atom. The number of halogens is 1. The SMILES string of the molecule is CCOC(=O)NC(=S)Nc1ncc(Br)cc1OC. The van der Waals surface area contributed by atoms with Crippen LogP contribution in [0.15, 0.2) is 16.7 Å². The highest BCUT2D eigenvalue weighted by atomic mass is 79.9. The molecule has 8 heteroatoms. The van der Waals surface area contributed by atoms with E-state index in [1.807, 2.05) is 0 Å². The number of carbonyl (C=O) groups is 1. The zero-order valence-corrected chi connectivity index (χ0v) is 12.2. The number of methoxy groups -OCH3 is 1. The summed E-state index contributed by atoms with van der Waals surface area (Å²) in [6.45, 7) is 1.98. The number of thiocarbonyl (C=S) groups is 1. The Morgan fingerprint density at radius 2 is 2.33 bits per heavy atom. The van der Waals surface area contributed by atoms with Crippen LogP contribution in [0.25, 0.3) is 0 Å². The van der Waals surface area contributed by atoms with E-state index in [1.54, 1.807) is 19.2 Å². The first-order valence-corrected chi connectivity index (χ1v) is 6.21. The van der Waals surface area contributed by atoms with E-state index in [2.05, 4.69) is 36.3 Å². The Morgan fingerprint density at radius 3 is 2.94 bits per heavy atom. The molecule has 0 atom stereocenters. The number of ether oxygens (including phenoxy) is 2. The van der Waals surface area contributed by atoms with Crippen molar-refractivity contribution in [3.8, 4) is 5.75 Å². The van der Waals surface area contributed by atoms with E-state index in [1.165, 1.54) is 7.11 Å². The number of amides is 1. The maximum absolute atomic E-state index is 11.1. The van der Waals surface area contributed by atoms with Gasteiger partial charge in [0.05, 0.1) is 13.7 Å². The second kappa shape index (κ2) is 7.12. The van der Waals surface area contributed by atoms with Crippen molar-refractivity contribution in [1.82, 2.24) is 10.3 Å². The fourth-order valence-electron chi connectivity index (χ4n) is 1.07. The molecule has 0 radical (unpaired) electrons. The zero-order valence-electron chi connectivity index (χ0n) is 9.82. The summed E-state index contributed by atoms with van der Waals surface area (Å²) in [4.78, 5) is 15.2. The number of carbonyl (C=O) groups excluding carboxylic acids is 1. The summed E-state index contributed by atoms with van der Waals surface area (Å²) in [6, 6.07) is 1.72. The summed E-state index contributed by atoms with van der Waals surface area (Å²) in [7, 11) is 1.51. The van der Waals surface area contributed by atoms with E-state index in [0.717, 1.165) is 4.47 Å². The molecule has 1 rings (SSSR count). The lowest BCUT2D eigenvalue weighted by Crippen LogP contribution is -2.34. The van der Waals surface area contributed by atoms with E-state index in [0.29, 0.717) is 11.6 Å². The maximum Gasteiger partial charge on any atom is 0.413 e. The number of aromatic nitrogens is 1. The summed E-state index contributed by atoms with van der Waals surface area (Å²) in [5, 5.41) is 5.17. The number of alkyl carbamates (subject to hydrolysis) is 1. The molecule has 0 saturated carbocycles. The van der Waals surface area contributed by atoms with Crippen molar-refractivity contribution in [1.29, 1.82) is 0 Å². The van der Waals surface area contributed by atoms with Gasteiger partial charge in [-0.05, 0) is 41.1 Å². The van der Waals surface area contributed by atoms with Gasteiger partial charge < -0.3 is 14.8 Å². The van der Waals surface area contributed by atoms with Gasteiger partial charge in [-0.3, -0.25) is 5.32 Å². The summed E-state index contributed by atoms with van der Waals surface area (Å²) in [5.41, 5.74) is 0. The third-order valence-corrected chi connectivity index (χ3v) is 2.40. The predicted octanol–water partition coefficient (Wildman–Crippen LogP) is 2.30. The highest BCUT2D eigenvalue weighted by molar-refractivity contribution is 9.10. The number of rotatable bonds is 3. The lowest BCUT2D eigenvalue weighted by atomic mass is 10.4. The van der Waals surface area contributed by atoms with Crippen LogP contribution in [0.4, 0.5) is 10.6 Å². The normalized spacial score (nSPS) is 9.50. The van der Waals surface area contributed by atoms with Crippen LogP contribution in [0.5, 0.6) is 5.75 Å². The average Bonchev–Trinajstić information content (AvgIpc) is 2.31. The first kappa shape index (κ1) is 14.7. The summed E-state index contributed by atoms with van der Waals surface area (Å²) < 4.78 is 10.6. The van der Waals surface area contributed by atoms with Gasteiger partial charge in [0.15, 0.2) is 16.7 Å². The smallest absolute Gasteiger partial charge is 0.413 e. The molecule has 2 N–H and O–H groups in total. The Hall–Kier alpha value is -1.41. The number of nitrogens with zero attached hydrogens (tertiary/aromatic N) is 1. The quantitative estimate of drug-likeness (QED) is 0.827. The van der Waals surface area contributed by atoms with Gasteiger partial charge in [0, 0.05) is 10.7 Å². The second-order valence-electron chi connectivity index (χ2n) is 3.00. The van der Waals surface area contributed by atoms with Crippen molar-refractivity contribution >= 4 is 45.2 Å². The minimum absolute atomic E-state index is 0.0848. The highest BCUT2D eigenvalue weighted by Crippen LogP contribution is 2.24. The van der Waals surface area contributed by atoms with Crippen molar-refractivity contribution < 1.29 is 14.3 Å². The number of hydrogen-bond acceptors (Lipinski definition) is 5. The molecule has 1 amide bonds. The van der Waals surface area contributed by atoms with E-state index < -0.39 is 6.09 Å². The third kappa shape index (κ3) is 4.46. The van der Waals surface area contributed by atoms with Crippen LogP contribution >= 0.6 is 28.1 Å². The minimum Gasteiger partial charge on any atom is -0.493 e. The average molecular weight is 334 g/mol. The molecule has 0 fully saturated rings. The first-order chi connectivity index (χ1) is 8.56. The zero-order chi connectivity index (χ0) is 13.5. The molecule has 1 aromatic heterocycles. The van der Waals surface area contributed by atoms with Gasteiger partial charge in [0.1, 0.15) is 0 Å². The lowest BCUT2D eigenvalue weighted by Gasteiger charge is -2.11. The fraction of sp³-hybridized carbons (Fsp3) is 0.300. The van der Waals surface area contributed by atoms with Crippen LogP contribution in [-0.2, 0) is 4.74 Å². The van der Waals surface area contributed by atoms with Gasteiger partial charge >= 0.3 is 6.09 Å². The largest absolute Gasteiger partial charge is 0.493 e. The van der Waals surface area contributed by atoms with Crippen molar-refractivity contribution in [2.24, 2.45) is 0 Å². The number of hydrogen-bond donors (Lipinski definition) is 2. The topological polar surface area (TPSA) is 72.5 Å². The van der Waals surface area contributed by atoms with Gasteiger partial charge in [0.2, 0.25) is 0 Å². The second-order valence-corrected chi connectivity index (χ2v) is 4.33. The molecule has 0 saturated heterocycles. The van der Waals surface area contributed by atoms with Crippen molar-refractivity contribution in [2.75, 3.05) is 19.0 Å². The third-order valence-electron chi connectivity index (χ3n) is 1.76. The molecule has 0 unspecified atom stereocenters. The van der Waals surface area contributed by atoms with E-state index >= 15 is 0 Å². The van der Waals surface area contributed by atoms with Gasteiger partial charge in [-0.25, -0.2) is 9.78 Å². The summed E-state index contributed by atoms with van der Waals surface area (Å²) in [6.07, 6.45) is 0.962. The first-order valence-electron chi connectivity index (χ1n) is 5.01. The highest BCUT2D eigenvalue weighted by Gasteiger charge is 2.09. The van der Waals surface area contributed by atoms with E-state index in [4.69, 9.17) is 17.0 Å². The molecule has 0 aliphatic heterocycles. The van der Waals surface area contributed by atoms with Gasteiger partial charge in [0.25, 0.3) is 0 Å². The summed E-state index contributed by atoms with van der Waals surface area (Å²) in [5.74, 6) is 0.903. The van der Waals surface area contributed by atoms with Crippen LogP contribution in [-0.4, -0.2) is 29.9 Å².